The number of ether oxygens (including phenoxy) is 1. The van der Waals surface area contributed by atoms with Crippen LogP contribution in [0.25, 0.3) is 0 Å². The molecule has 84 valence electrons. The predicted molar refractivity (Wildman–Crippen MR) is 67.8 cm³/mol. The van der Waals surface area contributed by atoms with Crippen LogP contribution in [0.1, 0.15) is 12.8 Å². The van der Waals surface area contributed by atoms with Crippen LogP contribution in [0.5, 0.6) is 5.75 Å². The Morgan fingerprint density at radius 1 is 1.40 bits per heavy atom. The van der Waals surface area contributed by atoms with Crippen molar-refractivity contribution in [1.82, 2.24) is 5.32 Å². The van der Waals surface area contributed by atoms with E-state index in [9.17, 15) is 0 Å². The van der Waals surface area contributed by atoms with Gasteiger partial charge in [-0.15, -0.1) is 0 Å². The van der Waals surface area contributed by atoms with E-state index in [-0.39, 0.29) is 0 Å². The fraction of sp³-hybridized carbons (Fsp3) is 0.455. The minimum absolute atomic E-state index is 0.712. The molecule has 4 heteroatoms. The molecule has 0 aliphatic heterocycles. The number of benzene rings is 1. The van der Waals surface area contributed by atoms with Crippen LogP contribution in [0.4, 0.5) is 0 Å². The summed E-state index contributed by atoms with van der Waals surface area (Å²) in [6, 6.07) is 5.55. The van der Waals surface area contributed by atoms with Crippen LogP contribution in [0, 0.1) is 0 Å². The van der Waals surface area contributed by atoms with Gasteiger partial charge in [0.05, 0.1) is 11.1 Å². The van der Waals surface area contributed by atoms with Gasteiger partial charge in [-0.3, -0.25) is 0 Å². The van der Waals surface area contributed by atoms with Gasteiger partial charge in [0, 0.05) is 5.02 Å². The maximum absolute atomic E-state index is 5.83. The third kappa shape index (κ3) is 4.87. The minimum atomic E-state index is 0.712. The Labute approximate surface area is 104 Å². The van der Waals surface area contributed by atoms with Gasteiger partial charge in [-0.1, -0.05) is 11.6 Å². The number of rotatable bonds is 6. The molecule has 1 aromatic rings. The normalized spacial score (nSPS) is 10.3. The van der Waals surface area contributed by atoms with E-state index < -0.39 is 0 Å². The van der Waals surface area contributed by atoms with Crippen molar-refractivity contribution in [3.05, 3.63) is 27.7 Å². The van der Waals surface area contributed by atoms with E-state index >= 15 is 0 Å². The first-order chi connectivity index (χ1) is 7.24. The van der Waals surface area contributed by atoms with Crippen LogP contribution in [0.15, 0.2) is 22.7 Å². The summed E-state index contributed by atoms with van der Waals surface area (Å²) < 4.78 is 6.51. The molecule has 1 rings (SSSR count). The summed E-state index contributed by atoms with van der Waals surface area (Å²) in [6.45, 7) is 1.77. The van der Waals surface area contributed by atoms with Gasteiger partial charge in [0.1, 0.15) is 5.75 Å². The largest absolute Gasteiger partial charge is 0.492 e. The molecule has 0 bridgehead atoms. The van der Waals surface area contributed by atoms with Crippen LogP contribution in [0.2, 0.25) is 5.02 Å². The van der Waals surface area contributed by atoms with Crippen LogP contribution in [0.3, 0.4) is 0 Å². The fourth-order valence-corrected chi connectivity index (χ4v) is 1.98. The maximum Gasteiger partial charge on any atom is 0.133 e. The molecule has 0 amide bonds. The Balaban J connectivity index is 2.31. The van der Waals surface area contributed by atoms with E-state index in [2.05, 4.69) is 21.2 Å². The average molecular weight is 293 g/mol. The van der Waals surface area contributed by atoms with Crippen molar-refractivity contribution in [1.29, 1.82) is 0 Å². The highest BCUT2D eigenvalue weighted by Gasteiger charge is 2.00. The first kappa shape index (κ1) is 12.8. The lowest BCUT2D eigenvalue weighted by Gasteiger charge is -2.08. The lowest BCUT2D eigenvalue weighted by atomic mass is 10.3. The molecule has 0 saturated heterocycles. The molecule has 15 heavy (non-hydrogen) atoms. The second-order valence-electron chi connectivity index (χ2n) is 3.23. The van der Waals surface area contributed by atoms with Crippen molar-refractivity contribution in [2.24, 2.45) is 0 Å². The fourth-order valence-electron chi connectivity index (χ4n) is 1.18. The van der Waals surface area contributed by atoms with Crippen molar-refractivity contribution in [3.63, 3.8) is 0 Å². The number of hydrogen-bond acceptors (Lipinski definition) is 2. The van der Waals surface area contributed by atoms with Gasteiger partial charge in [-0.25, -0.2) is 0 Å². The lowest BCUT2D eigenvalue weighted by Crippen LogP contribution is -2.09. The van der Waals surface area contributed by atoms with E-state index in [0.29, 0.717) is 5.02 Å². The van der Waals surface area contributed by atoms with Crippen molar-refractivity contribution in [2.45, 2.75) is 12.8 Å². The van der Waals surface area contributed by atoms with Crippen LogP contribution in [-0.2, 0) is 0 Å². The van der Waals surface area contributed by atoms with Gasteiger partial charge < -0.3 is 10.1 Å². The summed E-state index contributed by atoms with van der Waals surface area (Å²) in [5, 5.41) is 3.82. The molecular formula is C11H15BrClNO. The van der Waals surface area contributed by atoms with Crippen molar-refractivity contribution in [3.8, 4) is 5.75 Å². The Kier molecular flexibility index (Phi) is 6.06. The lowest BCUT2D eigenvalue weighted by molar-refractivity contribution is 0.304. The highest BCUT2D eigenvalue weighted by atomic mass is 79.9. The van der Waals surface area contributed by atoms with Crippen molar-refractivity contribution in [2.75, 3.05) is 20.2 Å². The maximum atomic E-state index is 5.83. The zero-order valence-corrected chi connectivity index (χ0v) is 11.1. The summed E-state index contributed by atoms with van der Waals surface area (Å²) in [4.78, 5) is 0. The van der Waals surface area contributed by atoms with Crippen molar-refractivity contribution < 1.29 is 4.74 Å². The minimum Gasteiger partial charge on any atom is -0.492 e. The second kappa shape index (κ2) is 7.09. The summed E-state index contributed by atoms with van der Waals surface area (Å²) in [7, 11) is 1.96. The van der Waals surface area contributed by atoms with E-state index in [0.717, 1.165) is 36.2 Å². The Hall–Kier alpha value is -0.250. The number of unbranched alkanes of at least 4 members (excludes halogenated alkanes) is 1. The molecule has 1 aromatic carbocycles. The number of nitrogens with one attached hydrogen (secondary N) is 1. The van der Waals surface area contributed by atoms with Gasteiger partial charge in [-0.2, -0.15) is 0 Å². The zero-order chi connectivity index (χ0) is 11.1. The van der Waals surface area contributed by atoms with Gasteiger partial charge in [0.2, 0.25) is 0 Å². The number of halogens is 2. The third-order valence-electron chi connectivity index (χ3n) is 1.97. The summed E-state index contributed by atoms with van der Waals surface area (Å²) >= 11 is 9.23. The van der Waals surface area contributed by atoms with E-state index in [1.54, 1.807) is 0 Å². The Bertz CT molecular complexity index is 307. The molecule has 0 aliphatic rings. The zero-order valence-electron chi connectivity index (χ0n) is 8.72. The molecule has 0 radical (unpaired) electrons. The topological polar surface area (TPSA) is 21.3 Å². The molecule has 0 spiro atoms. The molecule has 0 fully saturated rings. The van der Waals surface area contributed by atoms with Crippen LogP contribution in [-0.4, -0.2) is 20.2 Å². The molecule has 0 atom stereocenters. The molecule has 1 N–H and O–H groups in total. The quantitative estimate of drug-likeness (QED) is 0.811. The van der Waals surface area contributed by atoms with E-state index in [1.807, 2.05) is 25.2 Å². The first-order valence-electron chi connectivity index (χ1n) is 4.96. The summed E-state index contributed by atoms with van der Waals surface area (Å²) in [5.74, 6) is 0.851. The Morgan fingerprint density at radius 2 is 2.20 bits per heavy atom. The SMILES string of the molecule is CNCCCCOc1ccc(Cl)cc1Br. The smallest absolute Gasteiger partial charge is 0.133 e. The van der Waals surface area contributed by atoms with E-state index in [4.69, 9.17) is 16.3 Å². The second-order valence-corrected chi connectivity index (χ2v) is 4.52. The Morgan fingerprint density at radius 3 is 2.87 bits per heavy atom. The molecule has 2 nitrogen and oxygen atoms in total. The van der Waals surface area contributed by atoms with Gasteiger partial charge in [0.25, 0.3) is 0 Å². The molecule has 0 unspecified atom stereocenters. The molecular weight excluding hydrogens is 277 g/mol. The highest BCUT2D eigenvalue weighted by molar-refractivity contribution is 9.10. The van der Waals surface area contributed by atoms with Crippen LogP contribution < -0.4 is 10.1 Å². The summed E-state index contributed by atoms with van der Waals surface area (Å²) in [5.41, 5.74) is 0. The van der Waals surface area contributed by atoms with Crippen molar-refractivity contribution >= 4 is 27.5 Å². The summed E-state index contributed by atoms with van der Waals surface area (Å²) in [6.07, 6.45) is 2.18. The van der Waals surface area contributed by atoms with Crippen LogP contribution >= 0.6 is 27.5 Å². The van der Waals surface area contributed by atoms with Gasteiger partial charge >= 0.3 is 0 Å². The molecule has 0 heterocycles. The number of hydrogen-bond donors (Lipinski definition) is 1. The first-order valence-corrected chi connectivity index (χ1v) is 6.13. The molecule has 0 saturated carbocycles. The highest BCUT2D eigenvalue weighted by Crippen LogP contribution is 2.27. The van der Waals surface area contributed by atoms with Gasteiger partial charge in [-0.05, 0) is 60.6 Å². The van der Waals surface area contributed by atoms with Gasteiger partial charge in [0.15, 0.2) is 0 Å². The average Bonchev–Trinajstić information content (AvgIpc) is 2.20. The van der Waals surface area contributed by atoms with E-state index in [1.165, 1.54) is 0 Å². The molecule has 0 aromatic heterocycles. The third-order valence-corrected chi connectivity index (χ3v) is 2.83. The monoisotopic (exact) mass is 291 g/mol. The predicted octanol–water partition coefficient (Wildman–Crippen LogP) is 3.48. The molecule has 0 aliphatic carbocycles. The standard InChI is InChI=1S/C11H15BrClNO/c1-14-6-2-3-7-15-11-5-4-9(13)8-10(11)12/h4-5,8,14H,2-3,6-7H2,1H3.